The van der Waals surface area contributed by atoms with Crippen LogP contribution < -0.4 is 0 Å². The standard InChI is InChI=1S/C12H21N2O.C11H18N2O.CHF3O3S.CH4/c1-13(2)8-10-6-7-11(9-14(3)4)12(10)15-5;1-12(2)7-9-5-6-10(11(9)14)8-13(3)4;2-1(3,4)8(5,6)7;/h8-9H,6-7H2,1-5H3;7-8H,5-6H2,1-4H3;(H,5,6,7);1H4/q+1;;;/p-1/b;9-7+,10-8+;;. The van der Waals surface area contributed by atoms with Crippen molar-refractivity contribution in [3.63, 3.8) is 0 Å². The van der Waals surface area contributed by atoms with Crippen molar-refractivity contribution >= 4 is 22.1 Å². The summed E-state index contributed by atoms with van der Waals surface area (Å²) in [5.41, 5.74) is -1.23. The molecule has 2 aliphatic carbocycles. The fraction of sp³-hybridized carbons (Fsp3) is 0.600. The molecule has 2 aliphatic rings. The van der Waals surface area contributed by atoms with Gasteiger partial charge < -0.3 is 24.0 Å². The van der Waals surface area contributed by atoms with Gasteiger partial charge in [-0.3, -0.25) is 4.79 Å². The van der Waals surface area contributed by atoms with Crippen LogP contribution in [-0.4, -0.2) is 113 Å². The van der Waals surface area contributed by atoms with Crippen molar-refractivity contribution in [2.75, 3.05) is 63.5 Å². The molecule has 1 fully saturated rings. The lowest BCUT2D eigenvalue weighted by Gasteiger charge is -2.09. The first-order chi connectivity index (χ1) is 16.8. The van der Waals surface area contributed by atoms with Crippen LogP contribution in [0.1, 0.15) is 33.1 Å². The molecule has 13 heteroatoms. The number of allylic oxidation sites excluding steroid dienone is 4. The van der Waals surface area contributed by atoms with E-state index in [1.807, 2.05) is 78.6 Å². The number of carbonyl (C=O) groups excluding carboxylic acids is 1. The zero-order valence-corrected chi connectivity index (χ0v) is 23.8. The number of Topliss-reactive ketones (excluding diaryl/α,β-unsaturated/α-hetero) is 1. The molecule has 0 saturated heterocycles. The number of ketones is 1. The van der Waals surface area contributed by atoms with Crippen molar-refractivity contribution in [3.8, 4) is 0 Å². The van der Waals surface area contributed by atoms with Gasteiger partial charge in [-0.25, -0.2) is 13.0 Å². The van der Waals surface area contributed by atoms with Gasteiger partial charge in [0.25, 0.3) is 0 Å². The average Bonchev–Trinajstić information content (AvgIpc) is 3.23. The SMILES string of the molecule is C.CN(C)/C=C1\CC/C(=C\N(C)C)C1=O.COC1=C(C=[N+](C)C)CC/C1=C\N(C)C.O=S(=O)([O-])C(F)(F)F. The van der Waals surface area contributed by atoms with E-state index in [9.17, 15) is 18.0 Å². The highest BCUT2D eigenvalue weighted by Crippen LogP contribution is 2.31. The van der Waals surface area contributed by atoms with Crippen LogP contribution in [0.5, 0.6) is 0 Å². The van der Waals surface area contributed by atoms with Crippen molar-refractivity contribution in [1.29, 1.82) is 0 Å². The molecule has 0 spiro atoms. The normalized spacial score (nSPS) is 18.3. The van der Waals surface area contributed by atoms with E-state index in [1.165, 1.54) is 11.1 Å². The third-order valence-electron chi connectivity index (χ3n) is 4.64. The Morgan fingerprint density at radius 1 is 0.842 bits per heavy atom. The molecule has 38 heavy (non-hydrogen) atoms. The highest BCUT2D eigenvalue weighted by molar-refractivity contribution is 7.86. The molecule has 0 radical (unpaired) electrons. The second-order valence-corrected chi connectivity index (χ2v) is 10.6. The van der Waals surface area contributed by atoms with Crippen molar-refractivity contribution in [1.82, 2.24) is 14.7 Å². The van der Waals surface area contributed by atoms with Gasteiger partial charge in [0.05, 0.1) is 12.7 Å². The summed E-state index contributed by atoms with van der Waals surface area (Å²) in [5, 5.41) is 0. The number of alkyl halides is 3. The Labute approximate surface area is 226 Å². The minimum absolute atomic E-state index is 0. The van der Waals surface area contributed by atoms with Gasteiger partial charge in [0.15, 0.2) is 22.1 Å². The molecule has 0 heterocycles. The predicted molar refractivity (Wildman–Crippen MR) is 143 cm³/mol. The smallest absolute Gasteiger partial charge is 0.485 e. The zero-order chi connectivity index (χ0) is 29.1. The van der Waals surface area contributed by atoms with Gasteiger partial charge >= 0.3 is 5.51 Å². The second kappa shape index (κ2) is 16.2. The van der Waals surface area contributed by atoms with Crippen LogP contribution >= 0.6 is 0 Å². The van der Waals surface area contributed by atoms with E-state index in [0.29, 0.717) is 0 Å². The maximum Gasteiger partial charge on any atom is 0.485 e. The van der Waals surface area contributed by atoms with Gasteiger partial charge in [0.1, 0.15) is 19.9 Å². The molecule has 0 N–H and O–H groups in total. The van der Waals surface area contributed by atoms with E-state index in [0.717, 1.165) is 42.6 Å². The first-order valence-corrected chi connectivity index (χ1v) is 12.7. The summed E-state index contributed by atoms with van der Waals surface area (Å²) in [6.45, 7) is 0. The van der Waals surface area contributed by atoms with Crippen LogP contribution in [-0.2, 0) is 19.6 Å². The highest BCUT2D eigenvalue weighted by atomic mass is 32.2. The zero-order valence-electron chi connectivity index (χ0n) is 23.0. The number of hydrogen-bond acceptors (Lipinski definition) is 8. The van der Waals surface area contributed by atoms with Gasteiger partial charge in [-0.2, -0.15) is 13.2 Å². The summed E-state index contributed by atoms with van der Waals surface area (Å²) in [6.07, 6.45) is 12.0. The van der Waals surface area contributed by atoms with Gasteiger partial charge in [-0.05, 0) is 25.7 Å². The summed E-state index contributed by atoms with van der Waals surface area (Å²) >= 11 is 0. The van der Waals surface area contributed by atoms with E-state index in [2.05, 4.69) is 21.9 Å². The van der Waals surface area contributed by atoms with Gasteiger partial charge in [0, 0.05) is 77.6 Å². The molecule has 0 aromatic carbocycles. The number of carbonyl (C=O) groups is 1. The Hall–Kier alpha value is -2.80. The van der Waals surface area contributed by atoms with Crippen LogP contribution in [0.4, 0.5) is 13.2 Å². The molecule has 220 valence electrons. The number of rotatable bonds is 5. The van der Waals surface area contributed by atoms with E-state index < -0.39 is 15.6 Å². The fourth-order valence-corrected chi connectivity index (χ4v) is 3.41. The first kappa shape index (κ1) is 37.4. The third-order valence-corrected chi connectivity index (χ3v) is 5.20. The number of hydrogen-bond donors (Lipinski definition) is 0. The van der Waals surface area contributed by atoms with Crippen molar-refractivity contribution < 1.29 is 40.2 Å². The Morgan fingerprint density at radius 2 is 1.18 bits per heavy atom. The topological polar surface area (TPSA) is 96.2 Å². The van der Waals surface area contributed by atoms with Crippen molar-refractivity contribution in [3.05, 3.63) is 46.7 Å². The van der Waals surface area contributed by atoms with Gasteiger partial charge in [0.2, 0.25) is 0 Å². The lowest BCUT2D eigenvalue weighted by atomic mass is 10.2. The molecule has 2 rings (SSSR count). The summed E-state index contributed by atoms with van der Waals surface area (Å²) in [5.74, 6) is 1.24. The van der Waals surface area contributed by atoms with Crippen LogP contribution in [0.15, 0.2) is 46.7 Å². The van der Waals surface area contributed by atoms with Crippen LogP contribution in [0.3, 0.4) is 0 Å². The molecule has 0 atom stereocenters. The molecule has 0 aromatic rings. The summed E-state index contributed by atoms with van der Waals surface area (Å²) in [6, 6.07) is 0. The quantitative estimate of drug-likeness (QED) is 0.164. The summed E-state index contributed by atoms with van der Waals surface area (Å²) < 4.78 is 66.4. The molecule has 9 nitrogen and oxygen atoms in total. The number of ether oxygens (including phenoxy) is 1. The van der Waals surface area contributed by atoms with Gasteiger partial charge in [-0.15, -0.1) is 0 Å². The Kier molecular flexibility index (Phi) is 15.9. The average molecular weight is 569 g/mol. The monoisotopic (exact) mass is 568 g/mol. The maximum absolute atomic E-state index is 11.8. The molecule has 1 saturated carbocycles. The molecule has 0 unspecified atom stereocenters. The molecular weight excluding hydrogens is 525 g/mol. The molecule has 0 bridgehead atoms. The summed E-state index contributed by atoms with van der Waals surface area (Å²) in [4.78, 5) is 17.7. The molecule has 0 aliphatic heterocycles. The van der Waals surface area contributed by atoms with E-state index in [-0.39, 0.29) is 13.2 Å². The Balaban J connectivity index is 0. The van der Waals surface area contributed by atoms with Crippen LogP contribution in [0, 0.1) is 0 Å². The second-order valence-electron chi connectivity index (χ2n) is 9.23. The Bertz CT molecular complexity index is 1020. The molecular formula is C25H43F3N4O5S. The van der Waals surface area contributed by atoms with Crippen molar-refractivity contribution in [2.45, 2.75) is 38.6 Å². The number of methoxy groups -OCH3 is 1. The van der Waals surface area contributed by atoms with Crippen LogP contribution in [0.25, 0.3) is 0 Å². The minimum Gasteiger partial charge on any atom is -0.741 e. The molecule has 0 amide bonds. The first-order valence-electron chi connectivity index (χ1n) is 11.3. The van der Waals surface area contributed by atoms with Gasteiger partial charge in [-0.1, -0.05) is 7.43 Å². The minimum atomic E-state index is -6.09. The van der Waals surface area contributed by atoms with E-state index in [4.69, 9.17) is 17.7 Å². The van der Waals surface area contributed by atoms with E-state index >= 15 is 0 Å². The summed E-state index contributed by atoms with van der Waals surface area (Å²) in [7, 11) is 11.5. The fourth-order valence-electron chi connectivity index (χ4n) is 3.41. The van der Waals surface area contributed by atoms with Crippen molar-refractivity contribution in [2.24, 2.45) is 0 Å². The third kappa shape index (κ3) is 13.7. The largest absolute Gasteiger partial charge is 0.741 e. The lowest BCUT2D eigenvalue weighted by Crippen LogP contribution is -2.21. The molecule has 0 aromatic heterocycles. The number of nitrogens with zero attached hydrogens (tertiary/aromatic N) is 4. The highest BCUT2D eigenvalue weighted by Gasteiger charge is 2.37. The van der Waals surface area contributed by atoms with Crippen LogP contribution in [0.2, 0.25) is 0 Å². The van der Waals surface area contributed by atoms with E-state index in [1.54, 1.807) is 7.11 Å². The number of halogens is 3. The Morgan fingerprint density at radius 3 is 1.47 bits per heavy atom. The predicted octanol–water partition coefficient (Wildman–Crippen LogP) is 3.40. The lowest BCUT2D eigenvalue weighted by molar-refractivity contribution is -0.459. The maximum atomic E-state index is 11.8.